The van der Waals surface area contributed by atoms with Crippen molar-refractivity contribution in [2.24, 2.45) is 0 Å². The van der Waals surface area contributed by atoms with Crippen molar-refractivity contribution in [1.82, 2.24) is 9.80 Å². The SMILES string of the molecule is O.O.[B]c1cccc(CN2CCN(C)CC2)c1. The summed E-state index contributed by atoms with van der Waals surface area (Å²) in [5.41, 5.74) is 2.18. The van der Waals surface area contributed by atoms with Crippen LogP contribution in [0.4, 0.5) is 0 Å². The van der Waals surface area contributed by atoms with Gasteiger partial charge in [0.25, 0.3) is 0 Å². The summed E-state index contributed by atoms with van der Waals surface area (Å²) in [6.07, 6.45) is 0. The summed E-state index contributed by atoms with van der Waals surface area (Å²) < 4.78 is 0. The molecule has 1 aromatic carbocycles. The highest BCUT2D eigenvalue weighted by Gasteiger charge is 2.13. The smallest absolute Gasteiger partial charge is 0.113 e. The average Bonchev–Trinajstić information content (AvgIpc) is 2.22. The van der Waals surface area contributed by atoms with E-state index in [0.717, 1.165) is 25.1 Å². The summed E-state index contributed by atoms with van der Waals surface area (Å²) in [4.78, 5) is 4.85. The second kappa shape index (κ2) is 7.45. The van der Waals surface area contributed by atoms with Crippen LogP contribution in [0.3, 0.4) is 0 Å². The molecule has 0 atom stereocenters. The molecule has 0 aliphatic carbocycles. The van der Waals surface area contributed by atoms with Crippen LogP contribution in [0.25, 0.3) is 0 Å². The summed E-state index contributed by atoms with van der Waals surface area (Å²) in [7, 11) is 7.94. The molecule has 0 unspecified atom stereocenters. The molecule has 17 heavy (non-hydrogen) atoms. The fraction of sp³-hybridized carbons (Fsp3) is 0.500. The zero-order chi connectivity index (χ0) is 10.7. The Morgan fingerprint density at radius 1 is 1.12 bits per heavy atom. The van der Waals surface area contributed by atoms with Gasteiger partial charge >= 0.3 is 0 Å². The van der Waals surface area contributed by atoms with Gasteiger partial charge in [0.15, 0.2) is 0 Å². The molecule has 2 radical (unpaired) electrons. The Morgan fingerprint density at radius 3 is 2.35 bits per heavy atom. The van der Waals surface area contributed by atoms with Crippen LogP contribution in [0.15, 0.2) is 24.3 Å². The topological polar surface area (TPSA) is 69.5 Å². The molecule has 1 heterocycles. The van der Waals surface area contributed by atoms with Gasteiger partial charge in [-0.05, 0) is 12.6 Å². The van der Waals surface area contributed by atoms with Gasteiger partial charge in [-0.3, -0.25) is 4.90 Å². The zero-order valence-electron chi connectivity index (χ0n) is 10.3. The van der Waals surface area contributed by atoms with Crippen molar-refractivity contribution < 1.29 is 11.0 Å². The molecule has 0 amide bonds. The van der Waals surface area contributed by atoms with Gasteiger partial charge in [-0.1, -0.05) is 29.7 Å². The van der Waals surface area contributed by atoms with Crippen LogP contribution in [0.2, 0.25) is 0 Å². The molecule has 0 saturated carbocycles. The Labute approximate surface area is 104 Å². The highest BCUT2D eigenvalue weighted by Crippen LogP contribution is 2.06. The molecule has 1 aromatic rings. The Hall–Kier alpha value is -0.875. The third kappa shape index (κ3) is 4.87. The first-order valence-corrected chi connectivity index (χ1v) is 5.49. The van der Waals surface area contributed by atoms with Gasteiger partial charge in [-0.15, -0.1) is 0 Å². The maximum Gasteiger partial charge on any atom is 0.113 e. The molecule has 94 valence electrons. The lowest BCUT2D eigenvalue weighted by Crippen LogP contribution is -2.43. The highest BCUT2D eigenvalue weighted by atomic mass is 16.0. The Bertz CT molecular complexity index is 328. The first-order chi connectivity index (χ1) is 7.24. The van der Waals surface area contributed by atoms with Crippen molar-refractivity contribution in [2.75, 3.05) is 33.2 Å². The second-order valence-corrected chi connectivity index (χ2v) is 4.32. The number of hydrogen-bond acceptors (Lipinski definition) is 2. The molecule has 1 saturated heterocycles. The van der Waals surface area contributed by atoms with Gasteiger partial charge < -0.3 is 15.9 Å². The molecule has 1 aliphatic heterocycles. The first-order valence-electron chi connectivity index (χ1n) is 5.49. The van der Waals surface area contributed by atoms with Crippen LogP contribution < -0.4 is 5.46 Å². The van der Waals surface area contributed by atoms with E-state index in [1.54, 1.807) is 0 Å². The van der Waals surface area contributed by atoms with E-state index in [2.05, 4.69) is 29.0 Å². The van der Waals surface area contributed by atoms with E-state index in [1.807, 2.05) is 12.1 Å². The van der Waals surface area contributed by atoms with Crippen LogP contribution in [0, 0.1) is 0 Å². The van der Waals surface area contributed by atoms with E-state index >= 15 is 0 Å². The quantitative estimate of drug-likeness (QED) is 0.591. The lowest BCUT2D eigenvalue weighted by molar-refractivity contribution is 0.148. The fourth-order valence-corrected chi connectivity index (χ4v) is 1.96. The Balaban J connectivity index is 0.00000128. The third-order valence-electron chi connectivity index (χ3n) is 2.95. The number of likely N-dealkylation sites (N-methyl/N-ethyl adjacent to an activating group) is 1. The second-order valence-electron chi connectivity index (χ2n) is 4.32. The number of piperazine rings is 1. The predicted molar refractivity (Wildman–Crippen MR) is 71.8 cm³/mol. The van der Waals surface area contributed by atoms with E-state index in [-0.39, 0.29) is 11.0 Å². The van der Waals surface area contributed by atoms with Gasteiger partial charge in [-0.2, -0.15) is 0 Å². The largest absolute Gasteiger partial charge is 0.412 e. The fourth-order valence-electron chi connectivity index (χ4n) is 1.96. The van der Waals surface area contributed by atoms with Gasteiger partial charge in [0.05, 0.1) is 0 Å². The molecule has 4 N–H and O–H groups in total. The van der Waals surface area contributed by atoms with Crippen LogP contribution in [0.5, 0.6) is 0 Å². The van der Waals surface area contributed by atoms with Crippen LogP contribution in [0.1, 0.15) is 5.56 Å². The predicted octanol–water partition coefficient (Wildman–Crippen LogP) is -1.42. The third-order valence-corrected chi connectivity index (χ3v) is 2.95. The molecule has 1 fully saturated rings. The molecule has 0 spiro atoms. The monoisotopic (exact) mass is 236 g/mol. The van der Waals surface area contributed by atoms with Crippen LogP contribution in [-0.4, -0.2) is 61.8 Å². The van der Waals surface area contributed by atoms with Crippen molar-refractivity contribution in [3.05, 3.63) is 29.8 Å². The normalized spacial score (nSPS) is 17.0. The van der Waals surface area contributed by atoms with Gasteiger partial charge in [0.1, 0.15) is 7.85 Å². The summed E-state index contributed by atoms with van der Waals surface area (Å²) in [5.74, 6) is 0. The van der Waals surface area contributed by atoms with E-state index < -0.39 is 0 Å². The van der Waals surface area contributed by atoms with E-state index in [4.69, 9.17) is 7.85 Å². The molecule has 0 bridgehead atoms. The summed E-state index contributed by atoms with van der Waals surface area (Å²) in [5, 5.41) is 0. The molecular weight excluding hydrogens is 215 g/mol. The zero-order valence-corrected chi connectivity index (χ0v) is 10.3. The lowest BCUT2D eigenvalue weighted by Gasteiger charge is -2.32. The van der Waals surface area contributed by atoms with Crippen molar-refractivity contribution in [1.29, 1.82) is 0 Å². The molecule has 2 rings (SSSR count). The maximum atomic E-state index is 5.76. The van der Waals surface area contributed by atoms with Crippen LogP contribution >= 0.6 is 0 Å². The molecule has 4 nitrogen and oxygen atoms in total. The van der Waals surface area contributed by atoms with Crippen LogP contribution in [-0.2, 0) is 6.54 Å². The van der Waals surface area contributed by atoms with E-state index in [1.165, 1.54) is 18.7 Å². The van der Waals surface area contributed by atoms with Gasteiger partial charge in [0.2, 0.25) is 0 Å². The minimum absolute atomic E-state index is 0. The molecular formula is C12H21BN2O2. The molecule has 5 heteroatoms. The van der Waals surface area contributed by atoms with Crippen molar-refractivity contribution in [3.8, 4) is 0 Å². The van der Waals surface area contributed by atoms with Crippen molar-refractivity contribution in [3.63, 3.8) is 0 Å². The Kier molecular flexibility index (Phi) is 7.07. The van der Waals surface area contributed by atoms with Crippen molar-refractivity contribution >= 4 is 13.3 Å². The summed E-state index contributed by atoms with van der Waals surface area (Å²) in [6, 6.07) is 8.18. The summed E-state index contributed by atoms with van der Waals surface area (Å²) in [6.45, 7) is 5.68. The van der Waals surface area contributed by atoms with Gasteiger partial charge in [-0.25, -0.2) is 0 Å². The minimum Gasteiger partial charge on any atom is -0.412 e. The van der Waals surface area contributed by atoms with Gasteiger partial charge in [0, 0.05) is 32.7 Å². The highest BCUT2D eigenvalue weighted by molar-refractivity contribution is 6.32. The van der Waals surface area contributed by atoms with E-state index in [9.17, 15) is 0 Å². The molecule has 0 aromatic heterocycles. The number of hydrogen-bond donors (Lipinski definition) is 0. The standard InChI is InChI=1S/C12H17BN2.2H2O/c1-14-5-7-15(8-6-14)10-11-3-2-4-12(13)9-11;;/h2-4,9H,5-8,10H2,1H3;2*1H2. The number of rotatable bonds is 2. The first kappa shape index (κ1) is 16.1. The van der Waals surface area contributed by atoms with E-state index in [0.29, 0.717) is 0 Å². The summed E-state index contributed by atoms with van der Waals surface area (Å²) >= 11 is 0. The Morgan fingerprint density at radius 2 is 1.76 bits per heavy atom. The number of nitrogens with zero attached hydrogens (tertiary/aromatic N) is 2. The maximum absolute atomic E-state index is 5.76. The molecule has 1 aliphatic rings. The average molecular weight is 236 g/mol. The lowest BCUT2D eigenvalue weighted by atomic mass is 9.94. The van der Waals surface area contributed by atoms with Crippen molar-refractivity contribution in [2.45, 2.75) is 6.54 Å². The number of benzene rings is 1. The minimum atomic E-state index is 0.